The number of aliphatic hydroxyl groups excluding tert-OH is 2. The molecule has 2 rings (SSSR count). The smallest absolute Gasteiger partial charge is 0.119 e. The summed E-state index contributed by atoms with van der Waals surface area (Å²) < 4.78 is 0. The summed E-state index contributed by atoms with van der Waals surface area (Å²) in [7, 11) is 0. The molecule has 3 nitrogen and oxygen atoms in total. The summed E-state index contributed by atoms with van der Waals surface area (Å²) in [6.45, 7) is 6.83. The van der Waals surface area contributed by atoms with Crippen molar-refractivity contribution in [1.82, 2.24) is 0 Å². The van der Waals surface area contributed by atoms with Crippen molar-refractivity contribution in [3.05, 3.63) is 29.3 Å². The minimum absolute atomic E-state index is 0.0375. The maximum Gasteiger partial charge on any atom is 0.119 e. The number of hydrogen-bond donors (Lipinski definition) is 3. The first-order valence-corrected chi connectivity index (χ1v) is 10.0. The monoisotopic (exact) mass is 348 g/mol. The molecule has 0 bridgehead atoms. The summed E-state index contributed by atoms with van der Waals surface area (Å²) in [4.78, 5) is 0. The van der Waals surface area contributed by atoms with Gasteiger partial charge in [-0.1, -0.05) is 58.6 Å². The molecule has 0 aliphatic heterocycles. The SMILES string of the molecule is CCCCCCC(C)(C)c1ccc([C@@H]2C[C@H](O)CC[C@H]2CO)c(O)c1. The lowest BCUT2D eigenvalue weighted by Crippen LogP contribution is -2.28. The third-order valence-electron chi connectivity index (χ3n) is 6.07. The van der Waals surface area contributed by atoms with Gasteiger partial charge in [0.25, 0.3) is 0 Å². The second kappa shape index (κ2) is 9.05. The van der Waals surface area contributed by atoms with Gasteiger partial charge < -0.3 is 15.3 Å². The van der Waals surface area contributed by atoms with E-state index in [1.807, 2.05) is 12.1 Å². The van der Waals surface area contributed by atoms with E-state index < -0.39 is 0 Å². The molecule has 0 saturated heterocycles. The highest BCUT2D eigenvalue weighted by Crippen LogP contribution is 2.42. The van der Waals surface area contributed by atoms with Gasteiger partial charge in [-0.15, -0.1) is 0 Å². The molecule has 0 heterocycles. The van der Waals surface area contributed by atoms with Crippen LogP contribution in [0, 0.1) is 5.92 Å². The van der Waals surface area contributed by atoms with Gasteiger partial charge in [-0.3, -0.25) is 0 Å². The van der Waals surface area contributed by atoms with Crippen molar-refractivity contribution >= 4 is 0 Å². The van der Waals surface area contributed by atoms with Crippen LogP contribution in [0.5, 0.6) is 5.75 Å². The fraction of sp³-hybridized carbons (Fsp3) is 0.727. The Morgan fingerprint density at radius 2 is 1.88 bits per heavy atom. The number of unbranched alkanes of at least 4 members (excludes halogenated alkanes) is 3. The predicted molar refractivity (Wildman–Crippen MR) is 103 cm³/mol. The Labute approximate surface area is 153 Å². The molecule has 3 N–H and O–H groups in total. The van der Waals surface area contributed by atoms with Gasteiger partial charge in [-0.25, -0.2) is 0 Å². The van der Waals surface area contributed by atoms with Crippen LogP contribution >= 0.6 is 0 Å². The number of hydrogen-bond acceptors (Lipinski definition) is 3. The standard InChI is InChI=1S/C22H36O3/c1-4-5-6-7-12-22(2,3)17-9-11-19(21(25)13-17)20-14-18(24)10-8-16(20)15-23/h9,11,13,16,18,20,23-25H,4-8,10,12,14-15H2,1-3H3/t16-,18+,20+/m0/s1. The Morgan fingerprint density at radius 3 is 2.52 bits per heavy atom. The van der Waals surface area contributed by atoms with Gasteiger partial charge in [-0.05, 0) is 60.1 Å². The molecular formula is C22H36O3. The zero-order valence-corrected chi connectivity index (χ0v) is 16.2. The Kier molecular flexibility index (Phi) is 7.33. The predicted octanol–water partition coefficient (Wildman–Crippen LogP) is 4.88. The molecule has 0 unspecified atom stereocenters. The molecular weight excluding hydrogens is 312 g/mol. The van der Waals surface area contributed by atoms with E-state index in [0.29, 0.717) is 12.2 Å². The minimum Gasteiger partial charge on any atom is -0.508 e. The lowest BCUT2D eigenvalue weighted by Gasteiger charge is -2.34. The highest BCUT2D eigenvalue weighted by molar-refractivity contribution is 5.42. The van der Waals surface area contributed by atoms with Crippen LogP contribution in [0.4, 0.5) is 0 Å². The first-order chi connectivity index (χ1) is 11.9. The van der Waals surface area contributed by atoms with Crippen LogP contribution in [0.1, 0.15) is 89.2 Å². The first kappa shape index (κ1) is 20.3. The van der Waals surface area contributed by atoms with Crippen molar-refractivity contribution in [1.29, 1.82) is 0 Å². The summed E-state index contributed by atoms with van der Waals surface area (Å²) in [5, 5.41) is 30.3. The molecule has 0 aromatic heterocycles. The van der Waals surface area contributed by atoms with Crippen LogP contribution in [-0.4, -0.2) is 28.0 Å². The topological polar surface area (TPSA) is 60.7 Å². The van der Waals surface area contributed by atoms with E-state index in [1.165, 1.54) is 31.2 Å². The lowest BCUT2D eigenvalue weighted by molar-refractivity contribution is 0.0701. The Morgan fingerprint density at radius 1 is 1.12 bits per heavy atom. The molecule has 0 spiro atoms. The lowest BCUT2D eigenvalue weighted by atomic mass is 9.73. The van der Waals surface area contributed by atoms with Gasteiger partial charge in [-0.2, -0.15) is 0 Å². The number of benzene rings is 1. The molecule has 1 aromatic carbocycles. The van der Waals surface area contributed by atoms with Crippen LogP contribution in [0.2, 0.25) is 0 Å². The maximum atomic E-state index is 10.7. The molecule has 25 heavy (non-hydrogen) atoms. The highest BCUT2D eigenvalue weighted by Gasteiger charge is 2.32. The largest absolute Gasteiger partial charge is 0.508 e. The second-order valence-corrected chi connectivity index (χ2v) is 8.48. The average molecular weight is 349 g/mol. The third-order valence-corrected chi connectivity index (χ3v) is 6.07. The molecule has 3 heteroatoms. The zero-order chi connectivity index (χ0) is 18.4. The molecule has 1 fully saturated rings. The van der Waals surface area contributed by atoms with Crippen LogP contribution in [0.15, 0.2) is 18.2 Å². The molecule has 1 aromatic rings. The van der Waals surface area contributed by atoms with Crippen LogP contribution in [-0.2, 0) is 5.41 Å². The number of rotatable bonds is 8. The molecule has 1 saturated carbocycles. The normalized spacial score (nSPS) is 24.4. The average Bonchev–Trinajstić information content (AvgIpc) is 2.58. The van der Waals surface area contributed by atoms with Crippen molar-refractivity contribution in [3.63, 3.8) is 0 Å². The Bertz CT molecular complexity index is 538. The van der Waals surface area contributed by atoms with E-state index in [9.17, 15) is 15.3 Å². The summed E-state index contributed by atoms with van der Waals surface area (Å²) in [5.41, 5.74) is 2.09. The van der Waals surface area contributed by atoms with Gasteiger partial charge in [0, 0.05) is 6.61 Å². The van der Waals surface area contributed by atoms with Crippen LogP contribution in [0.3, 0.4) is 0 Å². The quantitative estimate of drug-likeness (QED) is 0.587. The number of phenolic OH excluding ortho intramolecular Hbond substituents is 1. The van der Waals surface area contributed by atoms with Crippen LogP contribution in [0.25, 0.3) is 0 Å². The zero-order valence-electron chi connectivity index (χ0n) is 16.2. The van der Waals surface area contributed by atoms with Crippen molar-refractivity contribution in [2.45, 2.75) is 89.6 Å². The van der Waals surface area contributed by atoms with Gasteiger partial charge in [0.15, 0.2) is 0 Å². The van der Waals surface area contributed by atoms with Gasteiger partial charge in [0.1, 0.15) is 5.75 Å². The van der Waals surface area contributed by atoms with E-state index in [4.69, 9.17) is 0 Å². The number of aliphatic hydroxyl groups is 2. The Hall–Kier alpha value is -1.06. The Balaban J connectivity index is 2.13. The fourth-order valence-corrected chi connectivity index (χ4v) is 4.23. The van der Waals surface area contributed by atoms with Gasteiger partial charge in [0.2, 0.25) is 0 Å². The number of phenols is 1. The fourth-order valence-electron chi connectivity index (χ4n) is 4.23. The number of aromatic hydroxyl groups is 1. The van der Waals surface area contributed by atoms with E-state index in [0.717, 1.165) is 24.8 Å². The molecule has 1 aliphatic carbocycles. The van der Waals surface area contributed by atoms with Gasteiger partial charge >= 0.3 is 0 Å². The molecule has 3 atom stereocenters. The first-order valence-electron chi connectivity index (χ1n) is 10.0. The van der Waals surface area contributed by atoms with Gasteiger partial charge in [0.05, 0.1) is 6.10 Å². The maximum absolute atomic E-state index is 10.7. The summed E-state index contributed by atoms with van der Waals surface area (Å²) >= 11 is 0. The highest BCUT2D eigenvalue weighted by atomic mass is 16.3. The summed E-state index contributed by atoms with van der Waals surface area (Å²) in [5.74, 6) is 0.481. The van der Waals surface area contributed by atoms with Crippen molar-refractivity contribution < 1.29 is 15.3 Å². The van der Waals surface area contributed by atoms with E-state index in [2.05, 4.69) is 26.8 Å². The summed E-state index contributed by atoms with van der Waals surface area (Å²) in [6, 6.07) is 6.05. The molecule has 142 valence electrons. The molecule has 0 radical (unpaired) electrons. The van der Waals surface area contributed by atoms with E-state index in [1.54, 1.807) is 0 Å². The molecule has 1 aliphatic rings. The third kappa shape index (κ3) is 5.21. The minimum atomic E-state index is -0.332. The van der Waals surface area contributed by atoms with Crippen molar-refractivity contribution in [3.8, 4) is 5.75 Å². The molecule has 0 amide bonds. The second-order valence-electron chi connectivity index (χ2n) is 8.48. The van der Waals surface area contributed by atoms with Crippen molar-refractivity contribution in [2.75, 3.05) is 6.61 Å². The van der Waals surface area contributed by atoms with E-state index in [-0.39, 0.29) is 30.0 Å². The summed E-state index contributed by atoms with van der Waals surface area (Å²) in [6.07, 6.45) is 7.97. The van der Waals surface area contributed by atoms with E-state index >= 15 is 0 Å². The van der Waals surface area contributed by atoms with Crippen LogP contribution < -0.4 is 0 Å². The van der Waals surface area contributed by atoms with Crippen molar-refractivity contribution in [2.24, 2.45) is 5.92 Å².